The summed E-state index contributed by atoms with van der Waals surface area (Å²) in [7, 11) is -3.66. The monoisotopic (exact) mass is 449 g/mol. The van der Waals surface area contributed by atoms with E-state index in [2.05, 4.69) is 16.6 Å². The van der Waals surface area contributed by atoms with Gasteiger partial charge in [0.1, 0.15) is 0 Å². The molecule has 1 aliphatic heterocycles. The zero-order chi connectivity index (χ0) is 19.4. The topological polar surface area (TPSA) is 61.4 Å². The number of nitrogens with one attached hydrogen (secondary N) is 2. The number of rotatable bonds is 13. The second-order valence-electron chi connectivity index (χ2n) is 6.84. The Morgan fingerprint density at radius 2 is 1.52 bits per heavy atom. The van der Waals surface area contributed by atoms with E-state index in [9.17, 15) is 8.42 Å². The number of hydrogen-bond acceptors (Lipinski definition) is 4. The van der Waals surface area contributed by atoms with Crippen LogP contribution in [0.15, 0.2) is 35.2 Å². The summed E-state index contributed by atoms with van der Waals surface area (Å²) in [6.07, 6.45) is 14.0. The van der Waals surface area contributed by atoms with E-state index in [4.69, 9.17) is 0 Å². The summed E-state index contributed by atoms with van der Waals surface area (Å²) >= 11 is 0. The van der Waals surface area contributed by atoms with Crippen LogP contribution in [0.5, 0.6) is 0 Å². The average Bonchev–Trinajstić information content (AvgIpc) is 2.70. The Hall–Kier alpha value is 0.340. The minimum absolute atomic E-state index is 0.136. The van der Waals surface area contributed by atoms with Crippen LogP contribution in [-0.4, -0.2) is 18.4 Å². The zero-order valence-corrected chi connectivity index (χ0v) is 20.0. The molecule has 2 rings (SSSR count). The van der Waals surface area contributed by atoms with Gasteiger partial charge >= 0.3 is 0 Å². The van der Waals surface area contributed by atoms with Gasteiger partial charge < -0.3 is 0 Å². The quantitative estimate of drug-likeness (QED) is 0.281. The minimum Gasteiger partial charge on any atom is -0.253 e. The molecule has 0 aromatic heterocycles. The maximum absolute atomic E-state index is 13.0. The van der Waals surface area contributed by atoms with Gasteiger partial charge in [-0.2, -0.15) is 0 Å². The van der Waals surface area contributed by atoms with Crippen LogP contribution in [-0.2, 0) is 10.0 Å². The lowest BCUT2D eigenvalue weighted by atomic mass is 10.1. The highest BCUT2D eigenvalue weighted by Crippen LogP contribution is 2.54. The molecule has 0 aliphatic carbocycles. The normalized spacial score (nSPS) is 20.4. The molecule has 1 aliphatic rings. The fourth-order valence-corrected chi connectivity index (χ4v) is 11.9. The Morgan fingerprint density at radius 3 is 2.15 bits per heavy atom. The van der Waals surface area contributed by atoms with Crippen molar-refractivity contribution in [3.63, 3.8) is 0 Å². The molecule has 3 unspecified atom stereocenters. The Bertz CT molecular complexity index is 620. The highest BCUT2D eigenvalue weighted by molar-refractivity contribution is 8.00. The van der Waals surface area contributed by atoms with Crippen molar-refractivity contribution in [1.82, 2.24) is 13.6 Å². The van der Waals surface area contributed by atoms with Crippen LogP contribution in [0.1, 0.15) is 71.1 Å². The van der Waals surface area contributed by atoms with Crippen molar-refractivity contribution >= 4 is 36.0 Å². The summed E-state index contributed by atoms with van der Waals surface area (Å²) in [4.78, 5) is 6.99. The molecule has 2 N–H and O–H groups in total. The molecule has 1 aromatic carbocycles. The standard InChI is InChI=1S/C18H34N3O2P3S/c1-2-3-4-5-6-7-8-9-10-14-17-26-20-24-19-25-21(26)27(22,23)18-15-12-11-13-16-18/h11-13,15-16,19-20,24-25H,2-10,14,17H2,1H3. The first kappa shape index (κ1) is 23.6. The van der Waals surface area contributed by atoms with Gasteiger partial charge in [0, 0.05) is 17.8 Å². The minimum atomic E-state index is -3.42. The third-order valence-electron chi connectivity index (χ3n) is 4.61. The second kappa shape index (κ2) is 13.5. The lowest BCUT2D eigenvalue weighted by Crippen LogP contribution is -2.29. The summed E-state index contributed by atoms with van der Waals surface area (Å²) in [6, 6.07) is 8.79. The Kier molecular flexibility index (Phi) is 11.8. The molecule has 0 bridgehead atoms. The lowest BCUT2D eigenvalue weighted by Gasteiger charge is -2.34. The molecule has 0 saturated carbocycles. The van der Waals surface area contributed by atoms with E-state index in [1.807, 2.05) is 6.07 Å². The molecule has 3 atom stereocenters. The molecular formula is C18H34N3O2P3S. The first-order valence-electron chi connectivity index (χ1n) is 10.1. The third-order valence-corrected chi connectivity index (χ3v) is 13.0. The Morgan fingerprint density at radius 1 is 0.926 bits per heavy atom. The SMILES string of the molecule is CCCCCCCCCCCCP1NPNPN1S(=O)(=O)c1ccccc1. The number of benzene rings is 1. The molecule has 1 fully saturated rings. The number of hydrogen-bond donors (Lipinski definition) is 2. The van der Waals surface area contributed by atoms with Crippen LogP contribution in [0, 0.1) is 0 Å². The van der Waals surface area contributed by atoms with Gasteiger partial charge in [-0.1, -0.05) is 82.9 Å². The number of nitrogens with zero attached hydrogens (tertiary/aromatic N) is 1. The Labute approximate surface area is 170 Å². The van der Waals surface area contributed by atoms with Gasteiger partial charge in [0.15, 0.2) is 0 Å². The van der Waals surface area contributed by atoms with Crippen molar-refractivity contribution in [1.29, 1.82) is 0 Å². The fourth-order valence-electron chi connectivity index (χ4n) is 3.05. The van der Waals surface area contributed by atoms with Crippen molar-refractivity contribution in [2.45, 2.75) is 76.0 Å². The van der Waals surface area contributed by atoms with Crippen molar-refractivity contribution in [3.8, 4) is 0 Å². The maximum atomic E-state index is 13.0. The van der Waals surface area contributed by atoms with Gasteiger partial charge in [0.25, 0.3) is 10.0 Å². The van der Waals surface area contributed by atoms with Crippen LogP contribution >= 0.6 is 26.0 Å². The molecule has 1 heterocycles. The molecule has 1 saturated heterocycles. The molecule has 5 nitrogen and oxygen atoms in total. The summed E-state index contributed by atoms with van der Waals surface area (Å²) in [5.41, 5.74) is 0. The van der Waals surface area contributed by atoms with Crippen molar-refractivity contribution in [2.75, 3.05) is 6.16 Å². The predicted octanol–water partition coefficient (Wildman–Crippen LogP) is 6.12. The van der Waals surface area contributed by atoms with Crippen molar-refractivity contribution in [2.24, 2.45) is 0 Å². The fraction of sp³-hybridized carbons (Fsp3) is 0.667. The largest absolute Gasteiger partial charge is 0.253 e. The lowest BCUT2D eigenvalue weighted by molar-refractivity contribution is 0.562. The van der Waals surface area contributed by atoms with E-state index in [0.29, 0.717) is 13.8 Å². The molecule has 9 heteroatoms. The van der Waals surface area contributed by atoms with Crippen molar-refractivity contribution in [3.05, 3.63) is 30.3 Å². The summed E-state index contributed by atoms with van der Waals surface area (Å²) < 4.78 is 27.6. The molecule has 27 heavy (non-hydrogen) atoms. The highest BCUT2D eigenvalue weighted by atomic mass is 32.2. The van der Waals surface area contributed by atoms with Gasteiger partial charge in [-0.25, -0.2) is 8.42 Å². The van der Waals surface area contributed by atoms with Gasteiger partial charge in [-0.15, -0.1) is 3.85 Å². The van der Waals surface area contributed by atoms with E-state index in [0.717, 1.165) is 12.6 Å². The van der Waals surface area contributed by atoms with E-state index >= 15 is 0 Å². The van der Waals surface area contributed by atoms with Gasteiger partial charge in [0.2, 0.25) is 0 Å². The average molecular weight is 449 g/mol. The number of unbranched alkanes of at least 4 members (excludes halogenated alkanes) is 9. The van der Waals surface area contributed by atoms with Crippen LogP contribution in [0.3, 0.4) is 0 Å². The first-order valence-corrected chi connectivity index (χ1v) is 14.9. The summed E-state index contributed by atoms with van der Waals surface area (Å²) in [6.45, 7) is 2.26. The Balaban J connectivity index is 1.70. The van der Waals surface area contributed by atoms with E-state index in [1.54, 1.807) is 28.1 Å². The number of sulfonamides is 1. The first-order chi connectivity index (χ1) is 13.2. The summed E-state index contributed by atoms with van der Waals surface area (Å²) in [5, 5.41) is 0. The molecule has 0 amide bonds. The maximum Gasteiger partial charge on any atom is 0.251 e. The molecular weight excluding hydrogens is 415 g/mol. The van der Waals surface area contributed by atoms with Crippen molar-refractivity contribution < 1.29 is 8.42 Å². The smallest absolute Gasteiger partial charge is 0.251 e. The van der Waals surface area contributed by atoms with Gasteiger partial charge in [0.05, 0.1) is 13.1 Å². The predicted molar refractivity (Wildman–Crippen MR) is 122 cm³/mol. The van der Waals surface area contributed by atoms with Crippen LogP contribution in [0.25, 0.3) is 0 Å². The van der Waals surface area contributed by atoms with E-state index in [-0.39, 0.29) is 8.88 Å². The van der Waals surface area contributed by atoms with E-state index in [1.165, 1.54) is 57.8 Å². The molecule has 154 valence electrons. The van der Waals surface area contributed by atoms with E-state index < -0.39 is 18.2 Å². The zero-order valence-electron chi connectivity index (χ0n) is 16.3. The van der Waals surface area contributed by atoms with Crippen LogP contribution in [0.4, 0.5) is 0 Å². The third kappa shape index (κ3) is 8.31. The van der Waals surface area contributed by atoms with Gasteiger partial charge in [-0.05, 0) is 24.7 Å². The molecule has 0 spiro atoms. The second-order valence-corrected chi connectivity index (χ2v) is 14.1. The van der Waals surface area contributed by atoms with Crippen LogP contribution < -0.4 is 9.72 Å². The highest BCUT2D eigenvalue weighted by Gasteiger charge is 2.33. The van der Waals surface area contributed by atoms with Gasteiger partial charge in [-0.3, -0.25) is 9.72 Å². The molecule has 1 aromatic rings. The summed E-state index contributed by atoms with van der Waals surface area (Å²) in [5.74, 6) is 0. The van der Waals surface area contributed by atoms with Crippen LogP contribution in [0.2, 0.25) is 0 Å². The molecule has 0 radical (unpaired) electrons.